The highest BCUT2D eigenvalue weighted by Gasteiger charge is 2.38. The number of nitrogens with zero attached hydrogens (tertiary/aromatic N) is 2. The van der Waals surface area contributed by atoms with Crippen molar-refractivity contribution in [2.75, 3.05) is 0 Å². The quantitative estimate of drug-likeness (QED) is 0.736. The Morgan fingerprint density at radius 2 is 1.72 bits per heavy atom. The number of aromatic amines is 1. The Kier molecular flexibility index (Phi) is 3.89. The van der Waals surface area contributed by atoms with Crippen molar-refractivity contribution < 1.29 is 33.0 Å². The lowest BCUT2D eigenvalue weighted by atomic mass is 10.2. The molecule has 3 N–H and O–H groups in total. The average Bonchev–Trinajstić information content (AvgIpc) is 2.95. The van der Waals surface area contributed by atoms with Gasteiger partial charge in [-0.3, -0.25) is 0 Å². The molecule has 2 rings (SSSR count). The van der Waals surface area contributed by atoms with Gasteiger partial charge in [-0.25, -0.2) is 9.59 Å². The van der Waals surface area contributed by atoms with E-state index in [-0.39, 0.29) is 5.69 Å². The number of hydrogen-bond donors (Lipinski definition) is 3. The summed E-state index contributed by atoms with van der Waals surface area (Å²) in [5.74, 6) is -3.42. The molecule has 0 bridgehead atoms. The van der Waals surface area contributed by atoms with E-state index in [9.17, 15) is 18.0 Å². The molecule has 1 aliphatic rings. The maximum absolute atomic E-state index is 10.6. The van der Waals surface area contributed by atoms with Crippen molar-refractivity contribution in [2.24, 2.45) is 0 Å². The van der Waals surface area contributed by atoms with Crippen LogP contribution in [0.2, 0.25) is 0 Å². The normalized spacial score (nSPS) is 14.6. The first-order chi connectivity index (χ1) is 8.23. The van der Waals surface area contributed by atoms with Crippen molar-refractivity contribution in [2.45, 2.75) is 24.9 Å². The van der Waals surface area contributed by atoms with Crippen LogP contribution in [-0.2, 0) is 4.79 Å². The molecular formula is C8H8F3N3O4. The van der Waals surface area contributed by atoms with Gasteiger partial charge in [0.25, 0.3) is 0 Å². The van der Waals surface area contributed by atoms with Crippen LogP contribution in [0.3, 0.4) is 0 Å². The number of nitrogens with one attached hydrogen (secondary N) is 1. The molecule has 100 valence electrons. The number of aliphatic carboxylic acids is 1. The van der Waals surface area contributed by atoms with Crippen LogP contribution in [0.1, 0.15) is 34.9 Å². The second kappa shape index (κ2) is 5.02. The monoisotopic (exact) mass is 267 g/mol. The highest BCUT2D eigenvalue weighted by atomic mass is 19.4. The summed E-state index contributed by atoms with van der Waals surface area (Å²) in [7, 11) is 0. The van der Waals surface area contributed by atoms with Gasteiger partial charge in [0.15, 0.2) is 5.69 Å². The van der Waals surface area contributed by atoms with Crippen molar-refractivity contribution in [3.8, 4) is 0 Å². The Morgan fingerprint density at radius 1 is 1.22 bits per heavy atom. The van der Waals surface area contributed by atoms with Gasteiger partial charge < -0.3 is 10.2 Å². The zero-order valence-corrected chi connectivity index (χ0v) is 8.73. The van der Waals surface area contributed by atoms with Crippen molar-refractivity contribution >= 4 is 11.9 Å². The van der Waals surface area contributed by atoms with Crippen molar-refractivity contribution in [3.63, 3.8) is 0 Å². The van der Waals surface area contributed by atoms with Gasteiger partial charge in [-0.05, 0) is 12.8 Å². The van der Waals surface area contributed by atoms with Gasteiger partial charge in [-0.1, -0.05) is 0 Å². The fraction of sp³-hybridized carbons (Fsp3) is 0.500. The topological polar surface area (TPSA) is 116 Å². The zero-order valence-electron chi connectivity index (χ0n) is 8.73. The smallest absolute Gasteiger partial charge is 0.476 e. The van der Waals surface area contributed by atoms with Crippen LogP contribution in [0, 0.1) is 0 Å². The molecule has 1 aromatic heterocycles. The van der Waals surface area contributed by atoms with E-state index in [2.05, 4.69) is 15.4 Å². The standard InChI is InChI=1S/C6H7N3O2.C2HF3O2/c10-6(11)5-4(3-1-2-3)7-9-8-5;3-2(4,5)1(6)7/h3H,1-2H2,(H,10,11)(H,7,8,9);(H,6,7). The summed E-state index contributed by atoms with van der Waals surface area (Å²) >= 11 is 0. The molecular weight excluding hydrogens is 259 g/mol. The summed E-state index contributed by atoms with van der Waals surface area (Å²) in [4.78, 5) is 19.4. The molecule has 7 nitrogen and oxygen atoms in total. The number of carboxylic acids is 2. The highest BCUT2D eigenvalue weighted by molar-refractivity contribution is 5.86. The first-order valence-corrected chi connectivity index (χ1v) is 4.67. The van der Waals surface area contributed by atoms with Crippen LogP contribution in [0.15, 0.2) is 0 Å². The van der Waals surface area contributed by atoms with Crippen LogP contribution in [0.4, 0.5) is 13.2 Å². The predicted octanol–water partition coefficient (Wildman–Crippen LogP) is 1.01. The van der Waals surface area contributed by atoms with Gasteiger partial charge in [-0.15, -0.1) is 5.10 Å². The summed E-state index contributed by atoms with van der Waals surface area (Å²) < 4.78 is 31.7. The van der Waals surface area contributed by atoms with E-state index in [0.717, 1.165) is 12.8 Å². The number of carboxylic acid groups (broad SMARTS) is 2. The van der Waals surface area contributed by atoms with Gasteiger partial charge in [0.05, 0.1) is 0 Å². The fourth-order valence-corrected chi connectivity index (χ4v) is 1.04. The van der Waals surface area contributed by atoms with Gasteiger partial charge in [0, 0.05) is 5.92 Å². The molecule has 1 fully saturated rings. The third kappa shape index (κ3) is 3.71. The second-order valence-electron chi connectivity index (χ2n) is 3.44. The number of hydrogen-bond acceptors (Lipinski definition) is 4. The first kappa shape index (κ1) is 13.9. The van der Waals surface area contributed by atoms with Crippen LogP contribution < -0.4 is 0 Å². The summed E-state index contributed by atoms with van der Waals surface area (Å²) in [6.45, 7) is 0. The molecule has 0 aliphatic heterocycles. The summed E-state index contributed by atoms with van der Waals surface area (Å²) in [5.41, 5.74) is 0.685. The SMILES string of the molecule is O=C(O)C(F)(F)F.O=C(O)c1n[nH]nc1C1CC1. The highest BCUT2D eigenvalue weighted by Crippen LogP contribution is 2.39. The van der Waals surface area contributed by atoms with Crippen LogP contribution in [-0.4, -0.2) is 43.7 Å². The van der Waals surface area contributed by atoms with E-state index in [0.29, 0.717) is 11.6 Å². The summed E-state index contributed by atoms with van der Waals surface area (Å²) in [5, 5.41) is 25.4. The van der Waals surface area contributed by atoms with Crippen LogP contribution in [0.25, 0.3) is 0 Å². The van der Waals surface area contributed by atoms with E-state index in [4.69, 9.17) is 15.0 Å². The maximum atomic E-state index is 10.6. The van der Waals surface area contributed by atoms with E-state index in [1.165, 1.54) is 0 Å². The number of carbonyl (C=O) groups is 2. The number of aromatic nitrogens is 3. The fourth-order valence-electron chi connectivity index (χ4n) is 1.04. The minimum atomic E-state index is -5.08. The Bertz CT molecular complexity index is 453. The molecule has 0 amide bonds. The molecule has 0 spiro atoms. The second-order valence-corrected chi connectivity index (χ2v) is 3.44. The largest absolute Gasteiger partial charge is 0.490 e. The molecule has 0 atom stereocenters. The molecule has 0 radical (unpaired) electrons. The summed E-state index contributed by atoms with van der Waals surface area (Å²) in [6, 6.07) is 0. The van der Waals surface area contributed by atoms with Crippen molar-refractivity contribution in [1.82, 2.24) is 15.4 Å². The van der Waals surface area contributed by atoms with Gasteiger partial charge in [0.2, 0.25) is 0 Å². The molecule has 1 heterocycles. The number of rotatable bonds is 2. The van der Waals surface area contributed by atoms with E-state index in [1.807, 2.05) is 0 Å². The third-order valence-corrected chi connectivity index (χ3v) is 1.98. The van der Waals surface area contributed by atoms with Crippen molar-refractivity contribution in [1.29, 1.82) is 0 Å². The molecule has 0 unspecified atom stereocenters. The Labute approximate surface area is 97.6 Å². The molecule has 1 aromatic rings. The number of halogens is 3. The Hall–Kier alpha value is -2.13. The molecule has 10 heteroatoms. The van der Waals surface area contributed by atoms with Gasteiger partial charge in [0.1, 0.15) is 5.69 Å². The molecule has 1 aliphatic carbocycles. The van der Waals surface area contributed by atoms with Gasteiger partial charge in [-0.2, -0.15) is 23.5 Å². The van der Waals surface area contributed by atoms with Crippen molar-refractivity contribution in [3.05, 3.63) is 11.4 Å². The lowest BCUT2D eigenvalue weighted by molar-refractivity contribution is -0.192. The van der Waals surface area contributed by atoms with Crippen LogP contribution in [0.5, 0.6) is 0 Å². The number of H-pyrrole nitrogens is 1. The summed E-state index contributed by atoms with van der Waals surface area (Å²) in [6.07, 6.45) is -3.01. The molecule has 0 aromatic carbocycles. The van der Waals surface area contributed by atoms with E-state index >= 15 is 0 Å². The molecule has 1 saturated carbocycles. The Balaban J connectivity index is 0.000000203. The average molecular weight is 267 g/mol. The molecule has 18 heavy (non-hydrogen) atoms. The first-order valence-electron chi connectivity index (χ1n) is 4.67. The predicted molar refractivity (Wildman–Crippen MR) is 49.0 cm³/mol. The number of alkyl halides is 3. The zero-order chi connectivity index (χ0) is 13.9. The van der Waals surface area contributed by atoms with E-state index < -0.39 is 18.1 Å². The lowest BCUT2D eigenvalue weighted by Crippen LogP contribution is -2.21. The van der Waals surface area contributed by atoms with Gasteiger partial charge >= 0.3 is 18.1 Å². The van der Waals surface area contributed by atoms with Crippen LogP contribution >= 0.6 is 0 Å². The maximum Gasteiger partial charge on any atom is 0.490 e. The number of aromatic carboxylic acids is 1. The minimum absolute atomic E-state index is 0.0764. The Morgan fingerprint density at radius 3 is 2.06 bits per heavy atom. The molecule has 0 saturated heterocycles. The lowest BCUT2D eigenvalue weighted by Gasteiger charge is -1.93. The minimum Gasteiger partial charge on any atom is -0.476 e. The third-order valence-electron chi connectivity index (χ3n) is 1.98. The van der Waals surface area contributed by atoms with E-state index in [1.54, 1.807) is 0 Å².